The van der Waals surface area contributed by atoms with E-state index in [4.69, 9.17) is 0 Å². The third-order valence-corrected chi connectivity index (χ3v) is 3.84. The Bertz CT molecular complexity index is 279. The third kappa shape index (κ3) is 5.72. The van der Waals surface area contributed by atoms with Crippen molar-refractivity contribution in [1.82, 2.24) is 10.2 Å². The molecule has 0 saturated heterocycles. The Morgan fingerprint density at radius 2 is 2.11 bits per heavy atom. The first-order valence-corrected chi connectivity index (χ1v) is 7.25. The molecule has 1 fully saturated rings. The first-order chi connectivity index (χ1) is 8.49. The first kappa shape index (κ1) is 15.3. The normalized spacial score (nSPS) is 25.0. The molecule has 0 bridgehead atoms. The molecular weight excluding hydrogens is 220 g/mol. The quantitative estimate of drug-likeness (QED) is 0.727. The van der Waals surface area contributed by atoms with Crippen molar-refractivity contribution in [3.05, 3.63) is 24.4 Å². The van der Waals surface area contributed by atoms with Crippen LogP contribution in [0.3, 0.4) is 0 Å². The van der Waals surface area contributed by atoms with Crippen LogP contribution in [0.4, 0.5) is 0 Å². The van der Waals surface area contributed by atoms with Crippen LogP contribution >= 0.6 is 0 Å². The van der Waals surface area contributed by atoms with E-state index in [2.05, 4.69) is 56.9 Å². The van der Waals surface area contributed by atoms with Gasteiger partial charge in [0.05, 0.1) is 0 Å². The van der Waals surface area contributed by atoms with Crippen LogP contribution in [-0.4, -0.2) is 31.6 Å². The highest BCUT2D eigenvalue weighted by Crippen LogP contribution is 2.30. The summed E-state index contributed by atoms with van der Waals surface area (Å²) in [5.74, 6) is 1.70. The highest BCUT2D eigenvalue weighted by Gasteiger charge is 2.23. The third-order valence-electron chi connectivity index (χ3n) is 3.84. The average molecular weight is 250 g/mol. The lowest BCUT2D eigenvalue weighted by Crippen LogP contribution is -2.34. The van der Waals surface area contributed by atoms with E-state index in [1.165, 1.54) is 25.7 Å². The summed E-state index contributed by atoms with van der Waals surface area (Å²) in [6.45, 7) is 9.76. The standard InChI is InChI=1S/C16H30N2/c1-13(2)15-9-6-10-16(12-15)17-14(3)8-7-11-18(4)5/h7-8,13,15-17H,3,6,9-12H2,1-2,4-5H3/b8-7+. The maximum Gasteiger partial charge on any atom is 0.0266 e. The van der Waals surface area contributed by atoms with Crippen LogP contribution < -0.4 is 5.32 Å². The molecule has 18 heavy (non-hydrogen) atoms. The van der Waals surface area contributed by atoms with Crippen LogP contribution in [0.15, 0.2) is 24.4 Å². The molecule has 0 amide bonds. The number of hydrogen-bond donors (Lipinski definition) is 1. The van der Waals surface area contributed by atoms with Gasteiger partial charge in [-0.3, -0.25) is 0 Å². The summed E-state index contributed by atoms with van der Waals surface area (Å²) >= 11 is 0. The molecule has 0 aliphatic heterocycles. The Morgan fingerprint density at radius 3 is 2.72 bits per heavy atom. The van der Waals surface area contributed by atoms with Crippen LogP contribution in [0.5, 0.6) is 0 Å². The summed E-state index contributed by atoms with van der Waals surface area (Å²) < 4.78 is 0. The highest BCUT2D eigenvalue weighted by molar-refractivity contribution is 5.13. The summed E-state index contributed by atoms with van der Waals surface area (Å²) in [4.78, 5) is 2.15. The molecule has 0 aromatic rings. The minimum atomic E-state index is 0.627. The zero-order valence-corrected chi connectivity index (χ0v) is 12.6. The molecule has 1 rings (SSSR count). The Morgan fingerprint density at radius 1 is 1.39 bits per heavy atom. The van der Waals surface area contributed by atoms with Crippen molar-refractivity contribution in [2.75, 3.05) is 20.6 Å². The molecule has 1 aliphatic rings. The van der Waals surface area contributed by atoms with Crippen LogP contribution in [0.1, 0.15) is 39.5 Å². The van der Waals surface area contributed by atoms with Crippen LogP contribution in [0, 0.1) is 11.8 Å². The Labute approximate surface area is 113 Å². The van der Waals surface area contributed by atoms with Crippen molar-refractivity contribution < 1.29 is 0 Å². The van der Waals surface area contributed by atoms with Crippen molar-refractivity contribution >= 4 is 0 Å². The van der Waals surface area contributed by atoms with Gasteiger partial charge in [-0.2, -0.15) is 0 Å². The van der Waals surface area contributed by atoms with Gasteiger partial charge in [0.2, 0.25) is 0 Å². The highest BCUT2D eigenvalue weighted by atomic mass is 15.0. The van der Waals surface area contributed by atoms with Gasteiger partial charge in [0.25, 0.3) is 0 Å². The van der Waals surface area contributed by atoms with Gasteiger partial charge in [-0.15, -0.1) is 0 Å². The van der Waals surface area contributed by atoms with E-state index in [9.17, 15) is 0 Å². The molecule has 0 aromatic carbocycles. The van der Waals surface area contributed by atoms with Gasteiger partial charge < -0.3 is 10.2 Å². The monoisotopic (exact) mass is 250 g/mol. The second-order valence-electron chi connectivity index (χ2n) is 6.20. The lowest BCUT2D eigenvalue weighted by Gasteiger charge is -2.32. The summed E-state index contributed by atoms with van der Waals surface area (Å²) in [6, 6.07) is 0.627. The van der Waals surface area contributed by atoms with Crippen molar-refractivity contribution in [2.45, 2.75) is 45.6 Å². The molecule has 104 valence electrons. The van der Waals surface area contributed by atoms with Gasteiger partial charge in [-0.25, -0.2) is 0 Å². The molecule has 0 heterocycles. The molecule has 0 radical (unpaired) electrons. The fourth-order valence-electron chi connectivity index (χ4n) is 2.68. The predicted octanol–water partition coefficient (Wildman–Crippen LogP) is 3.42. The van der Waals surface area contributed by atoms with Gasteiger partial charge >= 0.3 is 0 Å². The molecule has 1 aliphatic carbocycles. The fraction of sp³-hybridized carbons (Fsp3) is 0.750. The molecule has 2 nitrogen and oxygen atoms in total. The van der Waals surface area contributed by atoms with E-state index in [-0.39, 0.29) is 0 Å². The molecule has 0 spiro atoms. The van der Waals surface area contributed by atoms with Gasteiger partial charge in [0.15, 0.2) is 0 Å². The molecule has 1 saturated carbocycles. The van der Waals surface area contributed by atoms with E-state index in [1.54, 1.807) is 0 Å². The lowest BCUT2D eigenvalue weighted by atomic mass is 9.79. The van der Waals surface area contributed by atoms with Gasteiger partial charge in [-0.05, 0) is 44.8 Å². The van der Waals surface area contributed by atoms with Crippen molar-refractivity contribution in [1.29, 1.82) is 0 Å². The maximum atomic E-state index is 4.10. The lowest BCUT2D eigenvalue weighted by molar-refractivity contribution is 0.240. The van der Waals surface area contributed by atoms with Crippen LogP contribution in [0.25, 0.3) is 0 Å². The van der Waals surface area contributed by atoms with Crippen molar-refractivity contribution in [2.24, 2.45) is 11.8 Å². The number of nitrogens with one attached hydrogen (secondary N) is 1. The number of allylic oxidation sites excluding steroid dienone is 1. The molecular formula is C16H30N2. The van der Waals surface area contributed by atoms with E-state index >= 15 is 0 Å². The topological polar surface area (TPSA) is 15.3 Å². The second kappa shape index (κ2) is 7.63. The molecule has 2 heteroatoms. The Kier molecular flexibility index (Phi) is 6.48. The second-order valence-corrected chi connectivity index (χ2v) is 6.20. The number of rotatable bonds is 6. The summed E-state index contributed by atoms with van der Waals surface area (Å²) in [5, 5.41) is 3.58. The smallest absolute Gasteiger partial charge is 0.0266 e. The maximum absolute atomic E-state index is 4.10. The zero-order chi connectivity index (χ0) is 13.5. The van der Waals surface area contributed by atoms with Gasteiger partial charge in [0, 0.05) is 18.3 Å². The minimum Gasteiger partial charge on any atom is -0.383 e. The number of nitrogens with zero attached hydrogens (tertiary/aromatic N) is 1. The van der Waals surface area contributed by atoms with E-state index in [1.807, 2.05) is 0 Å². The van der Waals surface area contributed by atoms with Crippen molar-refractivity contribution in [3.8, 4) is 0 Å². The van der Waals surface area contributed by atoms with Crippen LogP contribution in [0.2, 0.25) is 0 Å². The predicted molar refractivity (Wildman–Crippen MR) is 80.6 cm³/mol. The fourth-order valence-corrected chi connectivity index (χ4v) is 2.68. The Balaban J connectivity index is 2.33. The van der Waals surface area contributed by atoms with Crippen LogP contribution in [-0.2, 0) is 0 Å². The van der Waals surface area contributed by atoms with Gasteiger partial charge in [-0.1, -0.05) is 39.3 Å². The van der Waals surface area contributed by atoms with Crippen molar-refractivity contribution in [3.63, 3.8) is 0 Å². The number of hydrogen-bond acceptors (Lipinski definition) is 2. The summed E-state index contributed by atoms with van der Waals surface area (Å²) in [6.07, 6.45) is 9.63. The molecule has 0 aromatic heterocycles. The van der Waals surface area contributed by atoms with Gasteiger partial charge in [0.1, 0.15) is 0 Å². The average Bonchev–Trinajstić information content (AvgIpc) is 2.28. The van der Waals surface area contributed by atoms with E-state index < -0.39 is 0 Å². The minimum absolute atomic E-state index is 0.627. The summed E-state index contributed by atoms with van der Waals surface area (Å²) in [5.41, 5.74) is 1.06. The first-order valence-electron chi connectivity index (χ1n) is 7.25. The summed E-state index contributed by atoms with van der Waals surface area (Å²) in [7, 11) is 4.16. The zero-order valence-electron chi connectivity index (χ0n) is 12.6. The largest absolute Gasteiger partial charge is 0.383 e. The molecule has 1 N–H and O–H groups in total. The SMILES string of the molecule is C=C(/C=C/CN(C)C)NC1CCCC(C(C)C)C1. The van der Waals surface area contributed by atoms with E-state index in [0.29, 0.717) is 6.04 Å². The molecule has 2 atom stereocenters. The van der Waals surface area contributed by atoms with E-state index in [0.717, 1.165) is 24.1 Å². The Hall–Kier alpha value is -0.760. The number of likely N-dealkylation sites (N-methyl/N-ethyl adjacent to an activating group) is 1. The molecule has 2 unspecified atom stereocenters.